The van der Waals surface area contributed by atoms with Gasteiger partial charge in [0, 0.05) is 10.9 Å². The molecule has 1 fully saturated rings. The number of thiazole rings is 1. The lowest BCUT2D eigenvalue weighted by Crippen LogP contribution is -2.48. The highest BCUT2D eigenvalue weighted by atomic mass is 32.1. The molecule has 19 heavy (non-hydrogen) atoms. The molecule has 0 aliphatic heterocycles. The second-order valence-electron chi connectivity index (χ2n) is 6.44. The Bertz CT molecular complexity index is 414. The van der Waals surface area contributed by atoms with Crippen molar-refractivity contribution in [3.63, 3.8) is 0 Å². The number of hydrogen-bond donors (Lipinski definition) is 1. The van der Waals surface area contributed by atoms with Gasteiger partial charge in [-0.1, -0.05) is 13.8 Å². The van der Waals surface area contributed by atoms with E-state index in [1.165, 1.54) is 41.3 Å². The van der Waals surface area contributed by atoms with Crippen molar-refractivity contribution in [3.05, 3.63) is 15.6 Å². The number of aryl methyl sites for hydroxylation is 2. The molecule has 1 heterocycles. The van der Waals surface area contributed by atoms with E-state index in [1.807, 2.05) is 11.3 Å². The Morgan fingerprint density at radius 3 is 2.47 bits per heavy atom. The molecule has 0 saturated heterocycles. The normalized spacial score (nSPS) is 28.0. The first kappa shape index (κ1) is 15.0. The van der Waals surface area contributed by atoms with Crippen molar-refractivity contribution in [2.24, 2.45) is 5.92 Å². The molecule has 1 aliphatic rings. The van der Waals surface area contributed by atoms with Crippen LogP contribution in [0.3, 0.4) is 0 Å². The van der Waals surface area contributed by atoms with Crippen molar-refractivity contribution in [2.75, 3.05) is 0 Å². The van der Waals surface area contributed by atoms with E-state index in [4.69, 9.17) is 4.98 Å². The van der Waals surface area contributed by atoms with Gasteiger partial charge in [-0.2, -0.15) is 0 Å². The summed E-state index contributed by atoms with van der Waals surface area (Å²) >= 11 is 1.91. The Morgan fingerprint density at radius 1 is 1.37 bits per heavy atom. The predicted molar refractivity (Wildman–Crippen MR) is 83.8 cm³/mol. The fraction of sp³-hybridized carbons (Fsp3) is 0.812. The first-order valence-corrected chi connectivity index (χ1v) is 8.53. The lowest BCUT2D eigenvalue weighted by Gasteiger charge is -2.40. The monoisotopic (exact) mass is 280 g/mol. The van der Waals surface area contributed by atoms with Crippen LogP contribution < -0.4 is 5.32 Å². The summed E-state index contributed by atoms with van der Waals surface area (Å²) in [7, 11) is 0. The molecule has 108 valence electrons. The van der Waals surface area contributed by atoms with Crippen LogP contribution in [0.4, 0.5) is 0 Å². The number of hydrogen-bond acceptors (Lipinski definition) is 3. The minimum absolute atomic E-state index is 0.142. The molecule has 1 saturated carbocycles. The van der Waals surface area contributed by atoms with Crippen molar-refractivity contribution < 1.29 is 0 Å². The van der Waals surface area contributed by atoms with Crippen molar-refractivity contribution in [1.29, 1.82) is 0 Å². The Morgan fingerprint density at radius 2 is 2.00 bits per heavy atom. The van der Waals surface area contributed by atoms with Gasteiger partial charge in [-0.25, -0.2) is 4.98 Å². The zero-order chi connectivity index (χ0) is 14.0. The van der Waals surface area contributed by atoms with Gasteiger partial charge in [0.15, 0.2) is 0 Å². The third kappa shape index (κ3) is 3.19. The predicted octanol–water partition coefficient (Wildman–Crippen LogP) is 4.42. The molecule has 1 aliphatic carbocycles. The molecule has 0 aromatic carbocycles. The van der Waals surface area contributed by atoms with E-state index in [9.17, 15) is 0 Å². The summed E-state index contributed by atoms with van der Waals surface area (Å²) in [5, 5.41) is 5.18. The van der Waals surface area contributed by atoms with Gasteiger partial charge in [0.25, 0.3) is 0 Å². The van der Waals surface area contributed by atoms with Crippen LogP contribution in [-0.4, -0.2) is 11.0 Å². The lowest BCUT2D eigenvalue weighted by molar-refractivity contribution is 0.183. The fourth-order valence-electron chi connectivity index (χ4n) is 3.19. The molecule has 0 atom stereocenters. The van der Waals surface area contributed by atoms with Gasteiger partial charge in [0.1, 0.15) is 5.01 Å². The second-order valence-corrected chi connectivity index (χ2v) is 7.64. The Labute approximate surface area is 122 Å². The maximum absolute atomic E-state index is 4.96. The van der Waals surface area contributed by atoms with Gasteiger partial charge in [-0.3, -0.25) is 0 Å². The third-order valence-electron chi connectivity index (χ3n) is 4.33. The van der Waals surface area contributed by atoms with E-state index >= 15 is 0 Å². The first-order chi connectivity index (χ1) is 8.97. The summed E-state index contributed by atoms with van der Waals surface area (Å²) in [6.07, 6.45) is 6.17. The first-order valence-electron chi connectivity index (χ1n) is 7.71. The molecule has 0 unspecified atom stereocenters. The molecule has 2 rings (SSSR count). The van der Waals surface area contributed by atoms with Gasteiger partial charge < -0.3 is 5.32 Å². The highest BCUT2D eigenvalue weighted by Crippen LogP contribution is 2.42. The largest absolute Gasteiger partial charge is 0.303 e. The van der Waals surface area contributed by atoms with Crippen molar-refractivity contribution in [2.45, 2.75) is 78.3 Å². The van der Waals surface area contributed by atoms with Crippen LogP contribution in [0.15, 0.2) is 0 Å². The molecular weight excluding hydrogens is 252 g/mol. The molecule has 0 radical (unpaired) electrons. The zero-order valence-corrected chi connectivity index (χ0v) is 13.9. The van der Waals surface area contributed by atoms with Crippen LogP contribution in [0, 0.1) is 12.8 Å². The highest BCUT2D eigenvalue weighted by Gasteiger charge is 2.38. The smallest absolute Gasteiger partial charge is 0.113 e. The van der Waals surface area contributed by atoms with E-state index in [-0.39, 0.29) is 5.54 Å². The standard InChI is InChI=1S/C16H28N2S/c1-6-14-13(5)19-15(17-14)16(18-11(2)3)9-7-12(4)8-10-16/h11-12,18H,6-10H2,1-5H3. The number of nitrogens with one attached hydrogen (secondary N) is 1. The Balaban J connectivity index is 2.31. The van der Waals surface area contributed by atoms with Crippen LogP contribution >= 0.6 is 11.3 Å². The maximum atomic E-state index is 4.96. The molecule has 2 nitrogen and oxygen atoms in total. The van der Waals surface area contributed by atoms with E-state index in [0.29, 0.717) is 6.04 Å². The third-order valence-corrected chi connectivity index (χ3v) is 5.55. The minimum Gasteiger partial charge on any atom is -0.303 e. The number of nitrogens with zero attached hydrogens (tertiary/aromatic N) is 1. The summed E-state index contributed by atoms with van der Waals surface area (Å²) in [6.45, 7) is 11.3. The van der Waals surface area contributed by atoms with Gasteiger partial charge in [-0.15, -0.1) is 11.3 Å². The average molecular weight is 280 g/mol. The molecule has 0 spiro atoms. The van der Waals surface area contributed by atoms with Crippen LogP contribution in [0.1, 0.15) is 69.0 Å². The molecule has 1 N–H and O–H groups in total. The molecular formula is C16H28N2S. The van der Waals surface area contributed by atoms with Crippen molar-refractivity contribution >= 4 is 11.3 Å². The van der Waals surface area contributed by atoms with Crippen molar-refractivity contribution in [3.8, 4) is 0 Å². The van der Waals surface area contributed by atoms with Gasteiger partial charge in [0.05, 0.1) is 11.2 Å². The Hall–Kier alpha value is -0.410. The van der Waals surface area contributed by atoms with Crippen LogP contribution in [0.25, 0.3) is 0 Å². The van der Waals surface area contributed by atoms with E-state index in [0.717, 1.165) is 12.3 Å². The highest BCUT2D eigenvalue weighted by molar-refractivity contribution is 7.11. The van der Waals surface area contributed by atoms with Gasteiger partial charge >= 0.3 is 0 Å². The van der Waals surface area contributed by atoms with Crippen LogP contribution in [-0.2, 0) is 12.0 Å². The SMILES string of the molecule is CCc1nc(C2(NC(C)C)CCC(C)CC2)sc1C. The maximum Gasteiger partial charge on any atom is 0.113 e. The zero-order valence-electron chi connectivity index (χ0n) is 13.0. The van der Waals surface area contributed by atoms with Crippen LogP contribution in [0.5, 0.6) is 0 Å². The van der Waals surface area contributed by atoms with Crippen molar-refractivity contribution in [1.82, 2.24) is 10.3 Å². The second kappa shape index (κ2) is 5.92. The molecule has 0 bridgehead atoms. The molecule has 0 amide bonds. The fourth-order valence-corrected chi connectivity index (χ4v) is 4.40. The van der Waals surface area contributed by atoms with Crippen LogP contribution in [0.2, 0.25) is 0 Å². The van der Waals surface area contributed by atoms with E-state index < -0.39 is 0 Å². The summed E-state index contributed by atoms with van der Waals surface area (Å²) in [4.78, 5) is 6.36. The molecule has 3 heteroatoms. The summed E-state index contributed by atoms with van der Waals surface area (Å²) in [5.41, 5.74) is 1.44. The Kier molecular flexibility index (Phi) is 4.67. The molecule has 1 aromatic heterocycles. The number of rotatable bonds is 4. The van der Waals surface area contributed by atoms with E-state index in [1.54, 1.807) is 0 Å². The summed E-state index contributed by atoms with van der Waals surface area (Å²) < 4.78 is 0. The topological polar surface area (TPSA) is 24.9 Å². The van der Waals surface area contributed by atoms with E-state index in [2.05, 4.69) is 39.9 Å². The quantitative estimate of drug-likeness (QED) is 0.883. The molecule has 1 aromatic rings. The minimum atomic E-state index is 0.142. The average Bonchev–Trinajstić information content (AvgIpc) is 2.74. The number of aromatic nitrogens is 1. The summed E-state index contributed by atoms with van der Waals surface area (Å²) in [5.74, 6) is 0.869. The van der Waals surface area contributed by atoms with Gasteiger partial charge in [0.2, 0.25) is 0 Å². The summed E-state index contributed by atoms with van der Waals surface area (Å²) in [6, 6.07) is 0.516. The van der Waals surface area contributed by atoms with Gasteiger partial charge in [-0.05, 0) is 58.8 Å². The lowest BCUT2D eigenvalue weighted by atomic mass is 9.77.